The van der Waals surface area contributed by atoms with Crippen LogP contribution in [0, 0.1) is 0 Å². The summed E-state index contributed by atoms with van der Waals surface area (Å²) in [6.45, 7) is 5.21. The van der Waals surface area contributed by atoms with Gasteiger partial charge < -0.3 is 15.2 Å². The minimum atomic E-state index is -1.31. The van der Waals surface area contributed by atoms with Crippen LogP contribution in [0.25, 0.3) is 0 Å². The molecule has 74 valence electrons. The van der Waals surface area contributed by atoms with Crippen molar-refractivity contribution < 1.29 is 19.4 Å². The summed E-state index contributed by atoms with van der Waals surface area (Å²) in [6.07, 6.45) is -0.835. The molecule has 0 aliphatic heterocycles. The van der Waals surface area contributed by atoms with Gasteiger partial charge >= 0.3 is 5.97 Å². The van der Waals surface area contributed by atoms with Crippen LogP contribution in [-0.4, -0.2) is 30.3 Å². The Bertz CT molecular complexity index is 224. The molecule has 0 bridgehead atoms. The van der Waals surface area contributed by atoms with E-state index < -0.39 is 18.1 Å². The lowest BCUT2D eigenvalue weighted by molar-refractivity contribution is -0.152. The van der Waals surface area contributed by atoms with Gasteiger partial charge in [0.2, 0.25) is 12.1 Å². The number of carboxylic acid groups (broad SMARTS) is 1. The average Bonchev–Trinajstić information content (AvgIpc) is 2.11. The quantitative estimate of drug-likeness (QED) is 0.473. The molecule has 0 aliphatic rings. The standard InChI is InChI=1S/C8H13NO4/c1-4-5(2)6(10)9-7(13-3)8(11)12/h7H,2,4H2,1,3H3,(H,9,10)(H,11,12). The summed E-state index contributed by atoms with van der Waals surface area (Å²) in [6, 6.07) is 0. The number of hydrogen-bond acceptors (Lipinski definition) is 3. The second kappa shape index (κ2) is 5.31. The molecule has 0 fully saturated rings. The van der Waals surface area contributed by atoms with Gasteiger partial charge in [0.05, 0.1) is 0 Å². The summed E-state index contributed by atoms with van der Waals surface area (Å²) in [5.74, 6) is -1.74. The fourth-order valence-corrected chi connectivity index (χ4v) is 0.603. The molecular weight excluding hydrogens is 174 g/mol. The zero-order chi connectivity index (χ0) is 10.4. The molecule has 1 atom stereocenters. The van der Waals surface area contributed by atoms with E-state index in [0.29, 0.717) is 12.0 Å². The Balaban J connectivity index is 4.17. The van der Waals surface area contributed by atoms with Crippen LogP contribution in [0.4, 0.5) is 0 Å². The largest absolute Gasteiger partial charge is 0.478 e. The molecule has 5 nitrogen and oxygen atoms in total. The van der Waals surface area contributed by atoms with Crippen molar-refractivity contribution in [3.8, 4) is 0 Å². The van der Waals surface area contributed by atoms with Gasteiger partial charge in [0.25, 0.3) is 0 Å². The molecule has 1 unspecified atom stereocenters. The maximum Gasteiger partial charge on any atom is 0.354 e. The Morgan fingerprint density at radius 1 is 1.62 bits per heavy atom. The van der Waals surface area contributed by atoms with Crippen molar-refractivity contribution in [2.75, 3.05) is 7.11 Å². The highest BCUT2D eigenvalue weighted by atomic mass is 16.5. The normalized spacial score (nSPS) is 11.8. The Hall–Kier alpha value is -1.36. The van der Waals surface area contributed by atoms with E-state index in [9.17, 15) is 9.59 Å². The summed E-state index contributed by atoms with van der Waals surface area (Å²) in [5, 5.41) is 10.7. The molecule has 0 spiro atoms. The molecule has 0 aliphatic carbocycles. The van der Waals surface area contributed by atoms with Crippen LogP contribution >= 0.6 is 0 Å². The monoisotopic (exact) mass is 187 g/mol. The Morgan fingerprint density at radius 3 is 2.46 bits per heavy atom. The molecule has 0 radical (unpaired) electrons. The third kappa shape index (κ3) is 3.71. The van der Waals surface area contributed by atoms with Gasteiger partial charge in [-0.3, -0.25) is 4.79 Å². The van der Waals surface area contributed by atoms with Crippen LogP contribution < -0.4 is 5.32 Å². The van der Waals surface area contributed by atoms with E-state index in [0.717, 1.165) is 0 Å². The lowest BCUT2D eigenvalue weighted by atomic mass is 10.2. The third-order valence-corrected chi connectivity index (χ3v) is 1.47. The van der Waals surface area contributed by atoms with Gasteiger partial charge in [0.15, 0.2) is 0 Å². The van der Waals surface area contributed by atoms with E-state index >= 15 is 0 Å². The smallest absolute Gasteiger partial charge is 0.354 e. The molecule has 2 N–H and O–H groups in total. The molecule has 0 aromatic rings. The lowest BCUT2D eigenvalue weighted by Gasteiger charge is -2.12. The summed E-state index contributed by atoms with van der Waals surface area (Å²) < 4.78 is 4.50. The molecule has 0 rings (SSSR count). The predicted molar refractivity (Wildman–Crippen MR) is 46.0 cm³/mol. The predicted octanol–water partition coefficient (Wildman–Crippen LogP) is 0.126. The maximum absolute atomic E-state index is 11.1. The number of aliphatic carboxylic acids is 1. The SMILES string of the molecule is C=C(CC)C(=O)NC(OC)C(=O)O. The van der Waals surface area contributed by atoms with Crippen LogP contribution in [-0.2, 0) is 14.3 Å². The number of carbonyl (C=O) groups is 2. The first-order valence-corrected chi connectivity index (χ1v) is 3.77. The molecule has 0 saturated heterocycles. The van der Waals surface area contributed by atoms with E-state index in [2.05, 4.69) is 16.6 Å². The summed E-state index contributed by atoms with van der Waals surface area (Å²) in [7, 11) is 1.20. The fourth-order valence-electron chi connectivity index (χ4n) is 0.603. The number of amides is 1. The number of rotatable bonds is 5. The van der Waals surface area contributed by atoms with E-state index in [4.69, 9.17) is 5.11 Å². The van der Waals surface area contributed by atoms with E-state index in [1.165, 1.54) is 7.11 Å². The van der Waals surface area contributed by atoms with Gasteiger partial charge in [0.1, 0.15) is 0 Å². The highest BCUT2D eigenvalue weighted by molar-refractivity contribution is 5.94. The first-order valence-electron chi connectivity index (χ1n) is 3.77. The molecule has 0 heterocycles. The zero-order valence-electron chi connectivity index (χ0n) is 7.66. The van der Waals surface area contributed by atoms with E-state index in [-0.39, 0.29) is 0 Å². The number of nitrogens with one attached hydrogen (secondary N) is 1. The second-order valence-corrected chi connectivity index (χ2v) is 2.38. The van der Waals surface area contributed by atoms with E-state index in [1.807, 2.05) is 0 Å². The van der Waals surface area contributed by atoms with E-state index in [1.54, 1.807) is 6.92 Å². The topological polar surface area (TPSA) is 75.6 Å². The van der Waals surface area contributed by atoms with Crippen LogP contribution in [0.3, 0.4) is 0 Å². The van der Waals surface area contributed by atoms with Gasteiger partial charge in [-0.1, -0.05) is 13.5 Å². The van der Waals surface area contributed by atoms with Crippen molar-refractivity contribution in [1.29, 1.82) is 0 Å². The average molecular weight is 187 g/mol. The second-order valence-electron chi connectivity index (χ2n) is 2.38. The molecule has 0 aromatic heterocycles. The van der Waals surface area contributed by atoms with Crippen molar-refractivity contribution in [3.05, 3.63) is 12.2 Å². The van der Waals surface area contributed by atoms with Crippen molar-refractivity contribution >= 4 is 11.9 Å². The van der Waals surface area contributed by atoms with Crippen LogP contribution in [0.15, 0.2) is 12.2 Å². The van der Waals surface area contributed by atoms with Crippen molar-refractivity contribution in [1.82, 2.24) is 5.32 Å². The highest BCUT2D eigenvalue weighted by Crippen LogP contribution is 1.97. The maximum atomic E-state index is 11.1. The first kappa shape index (κ1) is 11.6. The van der Waals surface area contributed by atoms with Crippen molar-refractivity contribution in [2.24, 2.45) is 0 Å². The first-order chi connectivity index (χ1) is 6.02. The van der Waals surface area contributed by atoms with Crippen LogP contribution in [0.2, 0.25) is 0 Å². The van der Waals surface area contributed by atoms with Crippen LogP contribution in [0.5, 0.6) is 0 Å². The number of carbonyl (C=O) groups excluding carboxylic acids is 1. The summed E-state index contributed by atoms with van der Waals surface area (Å²) >= 11 is 0. The molecule has 0 saturated carbocycles. The van der Waals surface area contributed by atoms with Gasteiger partial charge in [0, 0.05) is 12.7 Å². The van der Waals surface area contributed by atoms with Crippen molar-refractivity contribution in [2.45, 2.75) is 19.6 Å². The molecular formula is C8H13NO4. The molecule has 5 heteroatoms. The zero-order valence-corrected chi connectivity index (χ0v) is 7.66. The number of methoxy groups -OCH3 is 1. The third-order valence-electron chi connectivity index (χ3n) is 1.47. The number of hydrogen-bond donors (Lipinski definition) is 2. The van der Waals surface area contributed by atoms with Gasteiger partial charge in [-0.05, 0) is 6.42 Å². The van der Waals surface area contributed by atoms with Gasteiger partial charge in [-0.25, -0.2) is 4.79 Å². The lowest BCUT2D eigenvalue weighted by Crippen LogP contribution is -2.42. The number of carboxylic acids is 1. The summed E-state index contributed by atoms with van der Waals surface area (Å²) in [5.41, 5.74) is 0.322. The molecule has 1 amide bonds. The van der Waals surface area contributed by atoms with Crippen molar-refractivity contribution in [3.63, 3.8) is 0 Å². The molecule has 13 heavy (non-hydrogen) atoms. The minimum absolute atomic E-state index is 0.322. The Labute approximate surface area is 76.4 Å². The molecule has 0 aromatic carbocycles. The Morgan fingerprint density at radius 2 is 2.15 bits per heavy atom. The number of ether oxygens (including phenoxy) is 1. The highest BCUT2D eigenvalue weighted by Gasteiger charge is 2.19. The minimum Gasteiger partial charge on any atom is -0.478 e. The van der Waals surface area contributed by atoms with Gasteiger partial charge in [-0.2, -0.15) is 0 Å². The van der Waals surface area contributed by atoms with Crippen LogP contribution in [0.1, 0.15) is 13.3 Å². The van der Waals surface area contributed by atoms with Gasteiger partial charge in [-0.15, -0.1) is 0 Å². The Kier molecular flexibility index (Phi) is 4.76. The summed E-state index contributed by atoms with van der Waals surface area (Å²) in [4.78, 5) is 21.5. The fraction of sp³-hybridized carbons (Fsp3) is 0.500.